The van der Waals surface area contributed by atoms with Crippen LogP contribution in [0.3, 0.4) is 0 Å². The van der Waals surface area contributed by atoms with Crippen molar-refractivity contribution in [2.75, 3.05) is 6.61 Å². The number of rotatable bonds is 12. The number of aliphatic hydroxyl groups is 1. The highest BCUT2D eigenvalue weighted by molar-refractivity contribution is 5.90. The summed E-state index contributed by atoms with van der Waals surface area (Å²) >= 11 is 0. The van der Waals surface area contributed by atoms with Gasteiger partial charge >= 0.3 is 41.8 Å². The van der Waals surface area contributed by atoms with E-state index in [-0.39, 0.29) is 70.7 Å². The van der Waals surface area contributed by atoms with Crippen molar-refractivity contribution >= 4 is 41.8 Å². The van der Waals surface area contributed by atoms with Gasteiger partial charge in [-0.1, -0.05) is 60.1 Å². The molecule has 0 amide bonds. The molecule has 2 saturated heterocycles. The van der Waals surface area contributed by atoms with Crippen LogP contribution in [0, 0.1) is 59.2 Å². The van der Waals surface area contributed by atoms with Crippen LogP contribution in [0.2, 0.25) is 0 Å². The monoisotopic (exact) mass is 1090 g/mol. The first-order chi connectivity index (χ1) is 36.6. The van der Waals surface area contributed by atoms with E-state index in [2.05, 4.69) is 58.4 Å². The summed E-state index contributed by atoms with van der Waals surface area (Å²) in [4.78, 5) is 80.0. The lowest BCUT2D eigenvalue weighted by atomic mass is 9.47. The lowest BCUT2D eigenvalue weighted by Crippen LogP contribution is -2.62. The van der Waals surface area contributed by atoms with Crippen LogP contribution in [0.25, 0.3) is 0 Å². The molecule has 8 unspecified atom stereocenters. The number of carbonyl (C=O) groups is 7. The molecule has 11 aliphatic carbocycles. The molecule has 2 heterocycles. The van der Waals surface area contributed by atoms with Crippen molar-refractivity contribution in [3.8, 4) is 0 Å². The quantitative estimate of drug-likeness (QED) is 0.110. The number of fused-ring (bicyclic) bond motifs is 1. The lowest BCUT2D eigenvalue weighted by molar-refractivity contribution is -0.221. The summed E-state index contributed by atoms with van der Waals surface area (Å²) in [7, 11) is 0. The van der Waals surface area contributed by atoms with E-state index in [0.717, 1.165) is 69.6 Å². The maximum Gasteiger partial charge on any atom is 0.347 e. The van der Waals surface area contributed by atoms with Crippen molar-refractivity contribution in [1.29, 1.82) is 0 Å². The fourth-order valence-electron chi connectivity index (χ4n) is 16.0. The van der Waals surface area contributed by atoms with Gasteiger partial charge in [-0.05, 0) is 185 Å². The number of ether oxygens (including phenoxy) is 7. The van der Waals surface area contributed by atoms with Gasteiger partial charge in [-0.3, -0.25) is 4.79 Å². The van der Waals surface area contributed by atoms with Crippen LogP contribution in [-0.4, -0.2) is 94.2 Å². The molecule has 0 radical (unpaired) electrons. The molecule has 0 spiro atoms. The van der Waals surface area contributed by atoms with E-state index in [0.29, 0.717) is 77.2 Å². The third kappa shape index (κ3) is 13.4. The molecule has 15 heteroatoms. The van der Waals surface area contributed by atoms with E-state index < -0.39 is 29.2 Å². The summed E-state index contributed by atoms with van der Waals surface area (Å²) in [5.74, 6) is 2.92. The Labute approximate surface area is 463 Å². The fourth-order valence-corrected chi connectivity index (χ4v) is 16.0. The Morgan fingerprint density at radius 3 is 1.59 bits per heavy atom. The first-order valence-corrected chi connectivity index (χ1v) is 29.1. The molecule has 2 aliphatic heterocycles. The molecule has 13 aliphatic rings. The SMILES string of the molecule is C=C(C)C(=O)OC1(C(C)C)C2CC3CC(C2)CC1C3.C=C(C)C(=O)OC1(CC)CCCCC1.C=C(C)C(=O)OC12CC3CC(CC(O)(C3)C1)C2.C=C(C)C(=O)OC1C2CC3C(=O)OC1C3C2.C=C(C)C(=O)OC1CCOC1=O. The molecule has 15 nitrogen and oxygen atoms in total. The van der Waals surface area contributed by atoms with E-state index in [1.165, 1.54) is 64.7 Å². The van der Waals surface area contributed by atoms with Gasteiger partial charge in [-0.25, -0.2) is 28.8 Å². The van der Waals surface area contributed by atoms with Gasteiger partial charge in [0, 0.05) is 52.5 Å². The minimum atomic E-state index is -0.728. The molecule has 432 valence electrons. The Morgan fingerprint density at radius 1 is 0.615 bits per heavy atom. The highest BCUT2D eigenvalue weighted by Gasteiger charge is 2.64. The topological polar surface area (TPSA) is 204 Å². The second kappa shape index (κ2) is 24.4. The van der Waals surface area contributed by atoms with Crippen molar-refractivity contribution < 1.29 is 71.8 Å². The Morgan fingerprint density at radius 2 is 1.12 bits per heavy atom. The summed E-state index contributed by atoms with van der Waals surface area (Å²) in [6.07, 6.45) is 19.6. The minimum Gasteiger partial charge on any atom is -0.463 e. The number of hydrogen-bond donors (Lipinski definition) is 1. The van der Waals surface area contributed by atoms with E-state index in [1.807, 2.05) is 0 Å². The summed E-state index contributed by atoms with van der Waals surface area (Å²) in [5, 5.41) is 10.5. The molecule has 78 heavy (non-hydrogen) atoms. The van der Waals surface area contributed by atoms with Gasteiger partial charge in [0.15, 0.2) is 0 Å². The van der Waals surface area contributed by atoms with Crippen LogP contribution in [0.15, 0.2) is 60.8 Å². The minimum absolute atomic E-state index is 0.0646. The first kappa shape index (κ1) is 60.6. The second-order valence-electron chi connectivity index (χ2n) is 26.0. The van der Waals surface area contributed by atoms with Crippen molar-refractivity contribution in [3.63, 3.8) is 0 Å². The van der Waals surface area contributed by atoms with Crippen LogP contribution in [0.4, 0.5) is 0 Å². The van der Waals surface area contributed by atoms with Crippen molar-refractivity contribution in [2.45, 2.75) is 225 Å². The van der Waals surface area contributed by atoms with E-state index >= 15 is 0 Å². The van der Waals surface area contributed by atoms with E-state index in [9.17, 15) is 38.7 Å². The normalized spacial score (nSPS) is 36.7. The standard InChI is InChI=1S/C17H26O2.C14H20O3.C12H14O4.C12H20O2.C8H10O4/c1-10(2)16(18)19-17(11(3)4)14-6-12-5-13(8-14)9-15(17)7-12;1-9(2)12(15)17-14-6-10-3-11(7-14)5-13(16,4-10)8-14;1-5(2)11(13)15-9-6-3-7-8(4-6)12(14)16-10(7)9;1-4-12(8-6-5-7-9-12)14-11(13)10(2)3;1-5(2)7(9)12-6-3-4-11-8(6)10/h11-15H,1,5-9H2,2-4H3;10-11,16H,1,3-8H2,2H3;6-10H,1,3-4H2,2H3;2,4-9H2,1,3H3;6H,1,3-4H2,2H3. The van der Waals surface area contributed by atoms with Crippen LogP contribution in [0.5, 0.6) is 0 Å². The van der Waals surface area contributed by atoms with Gasteiger partial charge in [-0.2, -0.15) is 0 Å². The lowest BCUT2D eigenvalue weighted by Gasteiger charge is -2.61. The predicted octanol–water partition coefficient (Wildman–Crippen LogP) is 10.8. The van der Waals surface area contributed by atoms with Gasteiger partial charge in [0.05, 0.1) is 18.1 Å². The van der Waals surface area contributed by atoms with Crippen LogP contribution in [0.1, 0.15) is 184 Å². The molecular formula is C63H90O15. The molecule has 10 bridgehead atoms. The Bertz CT molecular complexity index is 2340. The third-order valence-corrected chi connectivity index (χ3v) is 19.1. The molecule has 0 aromatic rings. The Balaban J connectivity index is 0.000000143. The third-order valence-electron chi connectivity index (χ3n) is 19.1. The average Bonchev–Trinajstić information content (AvgIpc) is 4.16. The van der Waals surface area contributed by atoms with Crippen LogP contribution in [-0.2, 0) is 66.7 Å². The number of esters is 7. The molecule has 13 rings (SSSR count). The van der Waals surface area contributed by atoms with Crippen molar-refractivity contribution in [1.82, 2.24) is 0 Å². The van der Waals surface area contributed by atoms with Crippen LogP contribution >= 0.6 is 0 Å². The maximum atomic E-state index is 12.1. The molecule has 11 saturated carbocycles. The van der Waals surface area contributed by atoms with Crippen molar-refractivity contribution in [3.05, 3.63) is 60.8 Å². The highest BCUT2D eigenvalue weighted by atomic mass is 16.6. The summed E-state index contributed by atoms with van der Waals surface area (Å²) in [5.41, 5.74) is 0.815. The average molecular weight is 1090 g/mol. The van der Waals surface area contributed by atoms with Gasteiger partial charge < -0.3 is 38.3 Å². The number of carbonyl (C=O) groups excluding carboxylic acids is 7. The van der Waals surface area contributed by atoms with Crippen molar-refractivity contribution in [2.24, 2.45) is 59.2 Å². The Kier molecular flexibility index (Phi) is 18.9. The molecule has 0 aromatic heterocycles. The smallest absolute Gasteiger partial charge is 0.347 e. The summed E-state index contributed by atoms with van der Waals surface area (Å²) < 4.78 is 37.4. The summed E-state index contributed by atoms with van der Waals surface area (Å²) in [6, 6.07) is 0. The zero-order valence-corrected chi connectivity index (χ0v) is 48.1. The highest BCUT2D eigenvalue weighted by Crippen LogP contribution is 2.62. The molecule has 8 atom stereocenters. The van der Waals surface area contributed by atoms with Gasteiger partial charge in [0.2, 0.25) is 6.10 Å². The molecule has 13 fully saturated rings. The molecule has 0 aromatic carbocycles. The van der Waals surface area contributed by atoms with Crippen LogP contribution < -0.4 is 0 Å². The fraction of sp³-hybridized carbons (Fsp3) is 0.730. The number of hydrogen-bond acceptors (Lipinski definition) is 15. The zero-order chi connectivity index (χ0) is 57.2. The summed E-state index contributed by atoms with van der Waals surface area (Å²) in [6.45, 7) is 33.1. The van der Waals surface area contributed by atoms with Gasteiger partial charge in [-0.15, -0.1) is 0 Å². The molecule has 1 N–H and O–H groups in total. The second-order valence-corrected chi connectivity index (χ2v) is 26.0. The number of cyclic esters (lactones) is 1. The maximum absolute atomic E-state index is 12.1. The first-order valence-electron chi connectivity index (χ1n) is 29.1. The molecular weight excluding hydrogens is 997 g/mol. The largest absolute Gasteiger partial charge is 0.463 e. The van der Waals surface area contributed by atoms with E-state index in [4.69, 9.17) is 28.4 Å². The predicted molar refractivity (Wildman–Crippen MR) is 290 cm³/mol. The van der Waals surface area contributed by atoms with Gasteiger partial charge in [0.25, 0.3) is 0 Å². The van der Waals surface area contributed by atoms with Gasteiger partial charge in [0.1, 0.15) is 29.0 Å². The Hall–Kier alpha value is -5.05. The zero-order valence-electron chi connectivity index (χ0n) is 48.1. The van der Waals surface area contributed by atoms with E-state index in [1.54, 1.807) is 27.7 Å².